The van der Waals surface area contributed by atoms with Gasteiger partial charge in [0.25, 0.3) is 5.91 Å². The average molecular weight is 318 g/mol. The number of carbonyl (C=O) groups is 1. The minimum absolute atomic E-state index is 0.0119. The molecule has 1 N–H and O–H groups in total. The van der Waals surface area contributed by atoms with Gasteiger partial charge in [0.1, 0.15) is 0 Å². The summed E-state index contributed by atoms with van der Waals surface area (Å²) in [5, 5.41) is 5.79. The van der Waals surface area contributed by atoms with Crippen molar-refractivity contribution in [2.24, 2.45) is 0 Å². The third-order valence-corrected chi connectivity index (χ3v) is 5.64. The lowest BCUT2D eigenvalue weighted by Gasteiger charge is -2.22. The minimum atomic E-state index is -0.214. The highest BCUT2D eigenvalue weighted by molar-refractivity contribution is 9.09. The number of carbonyl (C=O) groups excluding carboxylic acids is 1. The van der Waals surface area contributed by atoms with Crippen LogP contribution in [0.15, 0.2) is 17.5 Å². The molecule has 2 heterocycles. The number of rotatable bonds is 3. The molecule has 1 amide bonds. The van der Waals surface area contributed by atoms with Crippen molar-refractivity contribution in [2.75, 3.05) is 5.33 Å². The Labute approximate surface area is 111 Å². The van der Waals surface area contributed by atoms with Gasteiger partial charge in [-0.05, 0) is 31.4 Å². The summed E-state index contributed by atoms with van der Waals surface area (Å²) < 4.78 is 2.37. The lowest BCUT2D eigenvalue weighted by atomic mass is 10.1. The van der Waals surface area contributed by atoms with Gasteiger partial charge in [-0.2, -0.15) is 0 Å². The molecule has 5 heteroatoms. The molecule has 0 aliphatic heterocycles. The highest BCUT2D eigenvalue weighted by atomic mass is 79.9. The molecule has 2 rings (SSSR count). The molecule has 0 radical (unpaired) electrons. The molecule has 0 spiro atoms. The second-order valence-corrected chi connectivity index (χ2v) is 6.82. The molecule has 2 aromatic rings. The minimum Gasteiger partial charge on any atom is -0.346 e. The summed E-state index contributed by atoms with van der Waals surface area (Å²) in [6.45, 7) is 3.99. The summed E-state index contributed by atoms with van der Waals surface area (Å²) in [5.41, 5.74) is -0.214. The molecular formula is C11H12BrNOS2. The molecule has 16 heavy (non-hydrogen) atoms. The lowest BCUT2D eigenvalue weighted by molar-refractivity contribution is 0.0925. The first-order valence-electron chi connectivity index (χ1n) is 4.87. The van der Waals surface area contributed by atoms with Crippen LogP contribution >= 0.6 is 38.6 Å². The van der Waals surface area contributed by atoms with Crippen molar-refractivity contribution in [1.82, 2.24) is 5.32 Å². The quantitative estimate of drug-likeness (QED) is 0.855. The van der Waals surface area contributed by atoms with Gasteiger partial charge in [0.05, 0.1) is 4.88 Å². The van der Waals surface area contributed by atoms with E-state index in [0.717, 1.165) is 10.2 Å². The number of alkyl halides is 1. The third kappa shape index (κ3) is 2.47. The monoisotopic (exact) mass is 317 g/mol. The molecule has 0 atom stereocenters. The molecule has 2 aromatic heterocycles. The Balaban J connectivity index is 2.19. The van der Waals surface area contributed by atoms with Crippen LogP contribution in [0.4, 0.5) is 0 Å². The highest BCUT2D eigenvalue weighted by Gasteiger charge is 2.20. The Kier molecular flexibility index (Phi) is 3.37. The standard InChI is InChI=1S/C11H12BrNOS2/c1-11(2,6-12)13-10(14)9-5-8-7(16-9)3-4-15-8/h3-5H,6H2,1-2H3,(H,13,14). The molecule has 0 unspecified atom stereocenters. The van der Waals surface area contributed by atoms with Crippen LogP contribution in [0.1, 0.15) is 23.5 Å². The molecule has 0 fully saturated rings. The van der Waals surface area contributed by atoms with E-state index in [9.17, 15) is 4.79 Å². The van der Waals surface area contributed by atoms with Gasteiger partial charge in [0, 0.05) is 20.3 Å². The maximum absolute atomic E-state index is 12.0. The van der Waals surface area contributed by atoms with E-state index in [4.69, 9.17) is 0 Å². The summed E-state index contributed by atoms with van der Waals surface area (Å²) in [6.07, 6.45) is 0. The van der Waals surface area contributed by atoms with Crippen LogP contribution in [0, 0.1) is 0 Å². The Bertz CT molecular complexity index is 486. The zero-order valence-electron chi connectivity index (χ0n) is 9.04. The average Bonchev–Trinajstić information content (AvgIpc) is 2.75. The molecule has 0 aromatic carbocycles. The van der Waals surface area contributed by atoms with E-state index in [1.807, 2.05) is 25.3 Å². The summed E-state index contributed by atoms with van der Waals surface area (Å²) >= 11 is 6.61. The SMILES string of the molecule is CC(C)(CBr)NC(=O)c1cc2sccc2s1. The molecular weight excluding hydrogens is 306 g/mol. The van der Waals surface area contributed by atoms with Crippen molar-refractivity contribution in [3.05, 3.63) is 22.4 Å². The number of thiophene rings is 2. The Morgan fingerprint density at radius 3 is 2.88 bits per heavy atom. The molecule has 0 saturated heterocycles. The van der Waals surface area contributed by atoms with Gasteiger partial charge in [-0.3, -0.25) is 4.79 Å². The number of halogens is 1. The van der Waals surface area contributed by atoms with Crippen molar-refractivity contribution in [3.63, 3.8) is 0 Å². The summed E-state index contributed by atoms with van der Waals surface area (Å²) in [6, 6.07) is 4.02. The molecule has 0 aliphatic carbocycles. The van der Waals surface area contributed by atoms with Crippen molar-refractivity contribution >= 4 is 53.9 Å². The van der Waals surface area contributed by atoms with E-state index in [0.29, 0.717) is 0 Å². The molecule has 86 valence electrons. The number of nitrogens with one attached hydrogen (secondary N) is 1. The Morgan fingerprint density at radius 2 is 2.25 bits per heavy atom. The maximum Gasteiger partial charge on any atom is 0.261 e. The predicted molar refractivity (Wildman–Crippen MR) is 75.0 cm³/mol. The fourth-order valence-electron chi connectivity index (χ4n) is 1.28. The topological polar surface area (TPSA) is 29.1 Å². The third-order valence-electron chi connectivity index (χ3n) is 2.15. The molecule has 0 bridgehead atoms. The lowest BCUT2D eigenvalue weighted by Crippen LogP contribution is -2.44. The number of hydrogen-bond donors (Lipinski definition) is 1. The van der Waals surface area contributed by atoms with Crippen LogP contribution in [0.25, 0.3) is 9.40 Å². The Morgan fingerprint density at radius 1 is 1.50 bits per heavy atom. The van der Waals surface area contributed by atoms with E-state index in [-0.39, 0.29) is 11.4 Å². The first kappa shape index (κ1) is 12.1. The zero-order chi connectivity index (χ0) is 11.8. The van der Waals surface area contributed by atoms with Crippen LogP contribution in [-0.2, 0) is 0 Å². The van der Waals surface area contributed by atoms with Gasteiger partial charge in [0.15, 0.2) is 0 Å². The van der Waals surface area contributed by atoms with Crippen LogP contribution in [0.3, 0.4) is 0 Å². The first-order chi connectivity index (χ1) is 7.52. The highest BCUT2D eigenvalue weighted by Crippen LogP contribution is 2.30. The summed E-state index contributed by atoms with van der Waals surface area (Å²) in [5.74, 6) is 0.0119. The number of fused-ring (bicyclic) bond motifs is 1. The first-order valence-corrected chi connectivity index (χ1v) is 7.69. The summed E-state index contributed by atoms with van der Waals surface area (Å²) in [4.78, 5) is 12.8. The fraction of sp³-hybridized carbons (Fsp3) is 0.364. The number of amides is 1. The van der Waals surface area contributed by atoms with Crippen molar-refractivity contribution in [2.45, 2.75) is 19.4 Å². The molecule has 2 nitrogen and oxygen atoms in total. The Hall–Kier alpha value is -0.390. The van der Waals surface area contributed by atoms with Gasteiger partial charge < -0.3 is 5.32 Å². The summed E-state index contributed by atoms with van der Waals surface area (Å²) in [7, 11) is 0. The van der Waals surface area contributed by atoms with Crippen molar-refractivity contribution in [3.8, 4) is 0 Å². The molecule has 0 aliphatic rings. The second kappa shape index (κ2) is 4.47. The van der Waals surface area contributed by atoms with E-state index >= 15 is 0 Å². The van der Waals surface area contributed by atoms with Crippen LogP contribution < -0.4 is 5.32 Å². The van der Waals surface area contributed by atoms with Gasteiger partial charge in [-0.15, -0.1) is 22.7 Å². The smallest absolute Gasteiger partial charge is 0.261 e. The van der Waals surface area contributed by atoms with E-state index in [2.05, 4.69) is 27.3 Å². The number of hydrogen-bond acceptors (Lipinski definition) is 3. The van der Waals surface area contributed by atoms with Gasteiger partial charge in [-0.25, -0.2) is 0 Å². The van der Waals surface area contributed by atoms with Crippen LogP contribution in [-0.4, -0.2) is 16.8 Å². The van der Waals surface area contributed by atoms with Gasteiger partial charge >= 0.3 is 0 Å². The van der Waals surface area contributed by atoms with Crippen molar-refractivity contribution in [1.29, 1.82) is 0 Å². The second-order valence-electron chi connectivity index (χ2n) is 4.23. The maximum atomic E-state index is 12.0. The van der Waals surface area contributed by atoms with E-state index in [1.54, 1.807) is 22.7 Å². The fourth-order valence-corrected chi connectivity index (χ4v) is 3.42. The largest absolute Gasteiger partial charge is 0.346 e. The normalized spacial score (nSPS) is 11.9. The predicted octanol–water partition coefficient (Wildman–Crippen LogP) is 3.87. The van der Waals surface area contributed by atoms with E-state index < -0.39 is 0 Å². The molecule has 0 saturated carbocycles. The van der Waals surface area contributed by atoms with Gasteiger partial charge in [-0.1, -0.05) is 15.9 Å². The van der Waals surface area contributed by atoms with Gasteiger partial charge in [0.2, 0.25) is 0 Å². The zero-order valence-corrected chi connectivity index (χ0v) is 12.3. The van der Waals surface area contributed by atoms with E-state index in [1.165, 1.54) is 9.40 Å². The van der Waals surface area contributed by atoms with Crippen LogP contribution in [0.2, 0.25) is 0 Å². The van der Waals surface area contributed by atoms with Crippen LogP contribution in [0.5, 0.6) is 0 Å². The van der Waals surface area contributed by atoms with Crippen molar-refractivity contribution < 1.29 is 4.79 Å².